The number of benzene rings is 3. The van der Waals surface area contributed by atoms with Crippen LogP contribution in [0.1, 0.15) is 38.0 Å². The van der Waals surface area contributed by atoms with Crippen LogP contribution in [0.5, 0.6) is 0 Å². The van der Waals surface area contributed by atoms with E-state index in [0.717, 1.165) is 0 Å². The summed E-state index contributed by atoms with van der Waals surface area (Å²) in [5.41, 5.74) is 0.739. The molecule has 3 aromatic carbocycles. The van der Waals surface area contributed by atoms with Gasteiger partial charge in [0.15, 0.2) is 24.6 Å². The van der Waals surface area contributed by atoms with Crippen LogP contribution in [0.25, 0.3) is 0 Å². The summed E-state index contributed by atoms with van der Waals surface area (Å²) in [5, 5.41) is 10.6. The molecule has 0 aliphatic carbocycles. The Morgan fingerprint density at radius 1 is 0.600 bits per heavy atom. The Labute approximate surface area is 202 Å². The van der Waals surface area contributed by atoms with Crippen LogP contribution in [0.3, 0.4) is 0 Å². The van der Waals surface area contributed by atoms with Gasteiger partial charge in [-0.05, 0) is 43.3 Å². The average Bonchev–Trinajstić information content (AvgIpc) is 2.89. The van der Waals surface area contributed by atoms with E-state index >= 15 is 0 Å². The highest BCUT2D eigenvalue weighted by Gasteiger charge is 2.50. The molecule has 0 aromatic heterocycles. The van der Waals surface area contributed by atoms with Crippen molar-refractivity contribution in [1.82, 2.24) is 0 Å². The van der Waals surface area contributed by atoms with Gasteiger partial charge in [-0.2, -0.15) is 0 Å². The van der Waals surface area contributed by atoms with E-state index in [2.05, 4.69) is 0 Å². The average molecular weight is 476 g/mol. The fourth-order valence-corrected chi connectivity index (χ4v) is 3.71. The van der Waals surface area contributed by atoms with Gasteiger partial charge in [-0.1, -0.05) is 54.6 Å². The van der Waals surface area contributed by atoms with Crippen LogP contribution < -0.4 is 0 Å². The van der Waals surface area contributed by atoms with E-state index < -0.39 is 48.6 Å². The van der Waals surface area contributed by atoms with E-state index in [9.17, 15) is 19.5 Å². The highest BCUT2D eigenvalue weighted by molar-refractivity contribution is 5.91. The minimum absolute atomic E-state index is 0.226. The van der Waals surface area contributed by atoms with Crippen molar-refractivity contribution in [2.45, 2.75) is 37.6 Å². The third-order valence-electron chi connectivity index (χ3n) is 5.50. The number of aliphatic hydroxyl groups excluding tert-OH is 1. The van der Waals surface area contributed by atoms with E-state index in [1.165, 1.54) is 0 Å². The third-order valence-corrected chi connectivity index (χ3v) is 5.50. The molecule has 1 heterocycles. The Balaban J connectivity index is 1.63. The number of aliphatic hydroxyl groups is 1. The van der Waals surface area contributed by atoms with Crippen molar-refractivity contribution in [2.24, 2.45) is 0 Å². The molecular weight excluding hydrogens is 452 g/mol. The lowest BCUT2D eigenvalue weighted by molar-refractivity contribution is -0.275. The van der Waals surface area contributed by atoms with E-state index in [1.54, 1.807) is 97.9 Å². The van der Waals surface area contributed by atoms with Gasteiger partial charge in [-0.15, -0.1) is 0 Å². The number of hydrogen-bond donors (Lipinski definition) is 1. The minimum Gasteiger partial charge on any atom is -0.452 e. The molecule has 0 bridgehead atoms. The normalized spacial score (nSPS) is 23.7. The number of hydrogen-bond acceptors (Lipinski definition) is 8. The molecule has 0 spiro atoms. The van der Waals surface area contributed by atoms with E-state index in [0.29, 0.717) is 0 Å². The summed E-state index contributed by atoms with van der Waals surface area (Å²) >= 11 is 0. The lowest BCUT2D eigenvalue weighted by Gasteiger charge is -2.42. The van der Waals surface area contributed by atoms with Gasteiger partial charge in [-0.3, -0.25) is 0 Å². The number of rotatable bonds is 6. The topological polar surface area (TPSA) is 108 Å². The summed E-state index contributed by atoms with van der Waals surface area (Å²) in [7, 11) is 0. The van der Waals surface area contributed by atoms with Crippen LogP contribution in [-0.2, 0) is 18.9 Å². The maximum absolute atomic E-state index is 12.9. The van der Waals surface area contributed by atoms with Gasteiger partial charge in [0.05, 0.1) is 22.8 Å². The van der Waals surface area contributed by atoms with Crippen LogP contribution in [0.2, 0.25) is 0 Å². The van der Waals surface area contributed by atoms with Crippen molar-refractivity contribution in [2.75, 3.05) is 0 Å². The summed E-state index contributed by atoms with van der Waals surface area (Å²) in [6, 6.07) is 24.6. The Hall–Kier alpha value is -4.01. The zero-order valence-electron chi connectivity index (χ0n) is 18.9. The predicted octanol–water partition coefficient (Wildman–Crippen LogP) is 3.40. The maximum atomic E-state index is 12.9. The van der Waals surface area contributed by atoms with Crippen LogP contribution >= 0.6 is 0 Å². The molecule has 1 N–H and O–H groups in total. The zero-order chi connectivity index (χ0) is 24.8. The van der Waals surface area contributed by atoms with Crippen molar-refractivity contribution in [3.63, 3.8) is 0 Å². The molecule has 0 amide bonds. The summed E-state index contributed by atoms with van der Waals surface area (Å²) in [6.45, 7) is 1.56. The molecule has 1 fully saturated rings. The van der Waals surface area contributed by atoms with Crippen molar-refractivity contribution in [3.05, 3.63) is 108 Å². The number of esters is 3. The predicted molar refractivity (Wildman–Crippen MR) is 123 cm³/mol. The highest BCUT2D eigenvalue weighted by Crippen LogP contribution is 2.29. The van der Waals surface area contributed by atoms with Gasteiger partial charge >= 0.3 is 17.9 Å². The first kappa shape index (κ1) is 24.1. The van der Waals surface area contributed by atoms with Gasteiger partial charge < -0.3 is 24.1 Å². The second-order valence-electron chi connectivity index (χ2n) is 7.94. The van der Waals surface area contributed by atoms with E-state index in [-0.39, 0.29) is 16.7 Å². The minimum atomic E-state index is -1.63. The first-order chi connectivity index (χ1) is 16.9. The molecule has 35 heavy (non-hydrogen) atoms. The molecule has 8 heteroatoms. The van der Waals surface area contributed by atoms with Gasteiger partial charge in [0.25, 0.3) is 0 Å². The quantitative estimate of drug-likeness (QED) is 0.426. The van der Waals surface area contributed by atoms with Crippen LogP contribution in [0, 0.1) is 0 Å². The van der Waals surface area contributed by atoms with Gasteiger partial charge in [0.1, 0.15) is 0 Å². The fraction of sp³-hybridized carbons (Fsp3) is 0.222. The number of carbonyl (C=O) groups is 3. The summed E-state index contributed by atoms with van der Waals surface area (Å²) in [5.74, 6) is -2.18. The summed E-state index contributed by atoms with van der Waals surface area (Å²) < 4.78 is 22.4. The second kappa shape index (κ2) is 10.9. The summed E-state index contributed by atoms with van der Waals surface area (Å²) in [6.07, 6.45) is -6.48. The Bertz CT molecular complexity index is 1080. The van der Waals surface area contributed by atoms with Crippen molar-refractivity contribution in [1.29, 1.82) is 0 Å². The molecule has 1 saturated heterocycles. The lowest BCUT2D eigenvalue weighted by atomic mass is 9.98. The molecule has 4 rings (SSSR count). The van der Waals surface area contributed by atoms with Crippen molar-refractivity contribution in [3.8, 4) is 0 Å². The molecule has 8 nitrogen and oxygen atoms in total. The maximum Gasteiger partial charge on any atom is 0.338 e. The van der Waals surface area contributed by atoms with Crippen LogP contribution in [-0.4, -0.2) is 53.7 Å². The molecule has 0 radical (unpaired) electrons. The Kier molecular flexibility index (Phi) is 7.54. The molecule has 5 atom stereocenters. The van der Waals surface area contributed by atoms with Crippen molar-refractivity contribution >= 4 is 17.9 Å². The molecule has 3 unspecified atom stereocenters. The van der Waals surface area contributed by atoms with Crippen LogP contribution in [0.15, 0.2) is 91.0 Å². The molecule has 0 saturated carbocycles. The third kappa shape index (κ3) is 5.74. The SMILES string of the molecule is C[C@@H]1OC(O)[C@@H](OC(=O)c2ccccc2)C(OC(=O)c2ccccc2)C1OC(=O)c1ccccc1. The smallest absolute Gasteiger partial charge is 0.338 e. The largest absolute Gasteiger partial charge is 0.452 e. The molecule has 180 valence electrons. The van der Waals surface area contributed by atoms with Gasteiger partial charge in [-0.25, -0.2) is 14.4 Å². The molecular formula is C27H24O8. The van der Waals surface area contributed by atoms with Crippen LogP contribution in [0.4, 0.5) is 0 Å². The molecule has 3 aromatic rings. The first-order valence-corrected chi connectivity index (χ1v) is 11.1. The monoisotopic (exact) mass is 476 g/mol. The highest BCUT2D eigenvalue weighted by atomic mass is 16.7. The first-order valence-electron chi connectivity index (χ1n) is 11.1. The second-order valence-corrected chi connectivity index (χ2v) is 7.94. The number of ether oxygens (including phenoxy) is 4. The zero-order valence-corrected chi connectivity index (χ0v) is 18.9. The Morgan fingerprint density at radius 2 is 0.943 bits per heavy atom. The Morgan fingerprint density at radius 3 is 1.34 bits per heavy atom. The number of carbonyl (C=O) groups excluding carboxylic acids is 3. The molecule has 1 aliphatic heterocycles. The van der Waals surface area contributed by atoms with Gasteiger partial charge in [0.2, 0.25) is 0 Å². The lowest BCUT2D eigenvalue weighted by Crippen LogP contribution is -2.60. The van der Waals surface area contributed by atoms with Crippen molar-refractivity contribution < 1.29 is 38.4 Å². The standard InChI is InChI=1S/C27H24O8/c1-17-21(33-24(28)18-11-5-2-6-12-18)22(34-25(29)19-13-7-3-8-14-19)23(27(31)32-17)35-26(30)20-15-9-4-10-16-20/h2-17,21-23,27,31H,1H3/t17-,21?,22?,23-,27?/m0/s1. The van der Waals surface area contributed by atoms with Gasteiger partial charge in [0, 0.05) is 0 Å². The summed E-state index contributed by atoms with van der Waals surface area (Å²) in [4.78, 5) is 38.5. The van der Waals surface area contributed by atoms with E-state index in [4.69, 9.17) is 18.9 Å². The molecule has 1 aliphatic rings. The van der Waals surface area contributed by atoms with E-state index in [1.807, 2.05) is 0 Å². The fourth-order valence-electron chi connectivity index (χ4n) is 3.71.